The van der Waals surface area contributed by atoms with Crippen LogP contribution in [0, 0.1) is 0 Å². The van der Waals surface area contributed by atoms with Crippen molar-refractivity contribution < 1.29 is 9.32 Å². The molecular weight excluding hydrogens is 382 g/mol. The predicted molar refractivity (Wildman–Crippen MR) is 106 cm³/mol. The van der Waals surface area contributed by atoms with Gasteiger partial charge in [-0.3, -0.25) is 9.59 Å². The third-order valence-electron chi connectivity index (χ3n) is 4.13. The van der Waals surface area contributed by atoms with E-state index in [1.807, 2.05) is 0 Å². The van der Waals surface area contributed by atoms with Gasteiger partial charge in [0.25, 0.3) is 11.5 Å². The number of hydrogen-bond acceptors (Lipinski definition) is 6. The molecular formula is C19H14ClN5O3. The smallest absolute Gasteiger partial charge is 0.293 e. The number of carbonyl (C=O) groups is 1. The molecule has 0 saturated carbocycles. The zero-order chi connectivity index (χ0) is 19.7. The maximum Gasteiger partial charge on any atom is 0.293 e. The van der Waals surface area contributed by atoms with E-state index in [-0.39, 0.29) is 17.3 Å². The summed E-state index contributed by atoms with van der Waals surface area (Å²) >= 11 is 6.00. The minimum atomic E-state index is -0.322. The lowest BCUT2D eigenvalue weighted by molar-refractivity contribution is 0.102. The minimum Gasteiger partial charge on any atom is -0.363 e. The van der Waals surface area contributed by atoms with Crippen LogP contribution in [0.1, 0.15) is 10.4 Å². The number of aromatic nitrogens is 3. The van der Waals surface area contributed by atoms with Crippen molar-refractivity contribution in [3.05, 3.63) is 75.7 Å². The molecule has 9 heteroatoms. The lowest BCUT2D eigenvalue weighted by Gasteiger charge is -2.10. The van der Waals surface area contributed by atoms with E-state index >= 15 is 0 Å². The van der Waals surface area contributed by atoms with Gasteiger partial charge >= 0.3 is 0 Å². The van der Waals surface area contributed by atoms with Crippen LogP contribution >= 0.6 is 11.6 Å². The van der Waals surface area contributed by atoms with Crippen molar-refractivity contribution in [2.45, 2.75) is 0 Å². The Hall–Kier alpha value is -3.65. The lowest BCUT2D eigenvalue weighted by atomic mass is 10.2. The van der Waals surface area contributed by atoms with Crippen molar-refractivity contribution >= 4 is 45.9 Å². The molecule has 0 radical (unpaired) electrons. The highest BCUT2D eigenvalue weighted by Gasteiger charge is 2.11. The molecule has 0 aliphatic heterocycles. The predicted octanol–water partition coefficient (Wildman–Crippen LogP) is 3.57. The maximum atomic E-state index is 12.6. The van der Waals surface area contributed by atoms with Crippen molar-refractivity contribution in [3.63, 3.8) is 0 Å². The van der Waals surface area contributed by atoms with Crippen LogP contribution in [0.4, 0.5) is 17.3 Å². The van der Waals surface area contributed by atoms with Gasteiger partial charge in [-0.1, -0.05) is 16.8 Å². The van der Waals surface area contributed by atoms with E-state index in [0.29, 0.717) is 33.1 Å². The van der Waals surface area contributed by atoms with Crippen LogP contribution in [0.2, 0.25) is 5.02 Å². The van der Waals surface area contributed by atoms with Crippen molar-refractivity contribution in [3.8, 4) is 0 Å². The van der Waals surface area contributed by atoms with E-state index in [1.165, 1.54) is 10.8 Å². The first kappa shape index (κ1) is 17.7. The summed E-state index contributed by atoms with van der Waals surface area (Å²) in [5.41, 5.74) is 2.04. The molecule has 0 aliphatic rings. The van der Waals surface area contributed by atoms with E-state index in [4.69, 9.17) is 11.6 Å². The number of carbonyl (C=O) groups excluding carboxylic acids is 1. The average Bonchev–Trinajstić information content (AvgIpc) is 3.20. The molecule has 1 amide bonds. The third kappa shape index (κ3) is 3.45. The van der Waals surface area contributed by atoms with Crippen molar-refractivity contribution in [2.24, 2.45) is 7.05 Å². The Morgan fingerprint density at radius 2 is 1.93 bits per heavy atom. The normalized spacial score (nSPS) is 10.8. The quantitative estimate of drug-likeness (QED) is 0.547. The summed E-state index contributed by atoms with van der Waals surface area (Å²) < 4.78 is 6.16. The number of halogens is 1. The van der Waals surface area contributed by atoms with E-state index in [0.717, 1.165) is 0 Å². The highest BCUT2D eigenvalue weighted by molar-refractivity contribution is 6.31. The molecule has 2 aromatic carbocycles. The largest absolute Gasteiger partial charge is 0.363 e. The topological polar surface area (TPSA) is 102 Å². The second-order valence-corrected chi connectivity index (χ2v) is 6.44. The van der Waals surface area contributed by atoms with Gasteiger partial charge in [0.15, 0.2) is 11.6 Å². The van der Waals surface area contributed by atoms with Crippen LogP contribution in [0.15, 0.2) is 64.1 Å². The number of benzene rings is 2. The van der Waals surface area contributed by atoms with Gasteiger partial charge in [-0.05, 0) is 42.5 Å². The Bertz CT molecular complexity index is 1220. The molecule has 8 nitrogen and oxygen atoms in total. The lowest BCUT2D eigenvalue weighted by Crippen LogP contribution is -2.21. The molecule has 140 valence electrons. The third-order valence-corrected chi connectivity index (χ3v) is 4.36. The fraction of sp³-hybridized carbons (Fsp3) is 0.0526. The van der Waals surface area contributed by atoms with Gasteiger partial charge < -0.3 is 19.7 Å². The molecule has 4 aromatic rings. The molecule has 4 rings (SSSR count). The number of amides is 1. The van der Waals surface area contributed by atoms with Gasteiger partial charge in [0.05, 0.1) is 11.0 Å². The Kier molecular flexibility index (Phi) is 4.54. The summed E-state index contributed by atoms with van der Waals surface area (Å²) in [4.78, 5) is 29.1. The maximum absolute atomic E-state index is 12.6. The number of rotatable bonds is 4. The van der Waals surface area contributed by atoms with Crippen molar-refractivity contribution in [2.75, 3.05) is 10.6 Å². The first-order chi connectivity index (χ1) is 13.5. The second-order valence-electron chi connectivity index (χ2n) is 6.00. The average molecular weight is 396 g/mol. The summed E-state index contributed by atoms with van der Waals surface area (Å²) in [7, 11) is 1.66. The Labute approximate surface area is 163 Å². The summed E-state index contributed by atoms with van der Waals surface area (Å²) in [6.07, 6.45) is 1.37. The van der Waals surface area contributed by atoms with Crippen molar-refractivity contribution in [1.82, 2.24) is 14.7 Å². The monoisotopic (exact) mass is 395 g/mol. The van der Waals surface area contributed by atoms with Gasteiger partial charge in [0.1, 0.15) is 6.26 Å². The van der Waals surface area contributed by atoms with Crippen LogP contribution in [0.3, 0.4) is 0 Å². The molecule has 0 bridgehead atoms. The molecule has 2 heterocycles. The van der Waals surface area contributed by atoms with E-state index in [2.05, 4.69) is 25.3 Å². The molecule has 0 unspecified atom stereocenters. The Morgan fingerprint density at radius 3 is 2.64 bits per heavy atom. The highest BCUT2D eigenvalue weighted by atomic mass is 35.5. The van der Waals surface area contributed by atoms with E-state index < -0.39 is 0 Å². The molecule has 0 atom stereocenters. The van der Waals surface area contributed by atoms with Crippen molar-refractivity contribution in [1.29, 1.82) is 0 Å². The number of anilines is 3. The number of fused-ring (bicyclic) bond motifs is 1. The standard InChI is InChI=1S/C19H14ClN5O3/c1-25-15-10-12(20)4-7-14(15)22-17(19(25)27)21-13-5-2-11(3-6-13)18(26)23-16-8-9-28-24-16/h2-10H,1H3,(H,21,22)(H,23,24,26). The van der Waals surface area contributed by atoms with Gasteiger partial charge in [-0.15, -0.1) is 0 Å². The zero-order valence-electron chi connectivity index (χ0n) is 14.6. The van der Waals surface area contributed by atoms with Crippen LogP contribution in [0.25, 0.3) is 11.0 Å². The van der Waals surface area contributed by atoms with Gasteiger partial charge in [-0.25, -0.2) is 4.98 Å². The van der Waals surface area contributed by atoms with Crippen LogP contribution < -0.4 is 16.2 Å². The first-order valence-electron chi connectivity index (χ1n) is 8.26. The SMILES string of the molecule is Cn1c(=O)c(Nc2ccc(C(=O)Nc3ccon3)cc2)nc2ccc(Cl)cc21. The number of aryl methyl sites for hydroxylation is 1. The van der Waals surface area contributed by atoms with Gasteiger partial charge in [0, 0.05) is 29.4 Å². The summed E-state index contributed by atoms with van der Waals surface area (Å²) in [6.45, 7) is 0. The van der Waals surface area contributed by atoms with Crippen LogP contribution in [0.5, 0.6) is 0 Å². The van der Waals surface area contributed by atoms with Gasteiger partial charge in [0.2, 0.25) is 0 Å². The summed E-state index contributed by atoms with van der Waals surface area (Å²) in [6, 6.07) is 13.3. The molecule has 2 aromatic heterocycles. The summed E-state index contributed by atoms with van der Waals surface area (Å²) in [5.74, 6) is 0.186. The second kappa shape index (κ2) is 7.16. The summed E-state index contributed by atoms with van der Waals surface area (Å²) in [5, 5.41) is 9.77. The number of hydrogen-bond donors (Lipinski definition) is 2. The van der Waals surface area contributed by atoms with Gasteiger partial charge in [-0.2, -0.15) is 0 Å². The number of nitrogens with zero attached hydrogens (tertiary/aromatic N) is 3. The molecule has 0 aliphatic carbocycles. The van der Waals surface area contributed by atoms with E-state index in [1.54, 1.807) is 55.6 Å². The molecule has 0 saturated heterocycles. The Morgan fingerprint density at radius 1 is 1.14 bits per heavy atom. The zero-order valence-corrected chi connectivity index (χ0v) is 15.4. The molecule has 0 fully saturated rings. The Balaban J connectivity index is 1.58. The fourth-order valence-corrected chi connectivity index (χ4v) is 2.85. The highest BCUT2D eigenvalue weighted by Crippen LogP contribution is 2.19. The fourth-order valence-electron chi connectivity index (χ4n) is 2.68. The molecule has 0 spiro atoms. The van der Waals surface area contributed by atoms with E-state index in [9.17, 15) is 9.59 Å². The molecule has 2 N–H and O–H groups in total. The molecule has 28 heavy (non-hydrogen) atoms. The minimum absolute atomic E-state index is 0.178. The van der Waals surface area contributed by atoms with Crippen LogP contribution in [-0.4, -0.2) is 20.6 Å². The van der Waals surface area contributed by atoms with Crippen LogP contribution in [-0.2, 0) is 7.05 Å². The number of nitrogens with one attached hydrogen (secondary N) is 2. The first-order valence-corrected chi connectivity index (χ1v) is 8.64.